The van der Waals surface area contributed by atoms with E-state index in [1.807, 2.05) is 0 Å². The molecule has 0 spiro atoms. The number of hydrogen-bond acceptors (Lipinski definition) is 7. The lowest BCUT2D eigenvalue weighted by molar-refractivity contribution is 0.194. The molecule has 8 nitrogen and oxygen atoms in total. The molecule has 5 aromatic rings. The van der Waals surface area contributed by atoms with Crippen molar-refractivity contribution >= 4 is 35.8 Å². The fourth-order valence-electron chi connectivity index (χ4n) is 6.46. The van der Waals surface area contributed by atoms with Gasteiger partial charge in [-0.15, -0.1) is 4.91 Å². The molecule has 0 amide bonds. The van der Waals surface area contributed by atoms with E-state index in [0.29, 0.717) is 35.5 Å². The van der Waals surface area contributed by atoms with Gasteiger partial charge in [0.25, 0.3) is 8.32 Å². The van der Waals surface area contributed by atoms with Crippen LogP contribution in [0.4, 0.5) is 15.9 Å². The molecule has 0 radical (unpaired) electrons. The summed E-state index contributed by atoms with van der Waals surface area (Å²) in [5.41, 5.74) is 1.26. The van der Waals surface area contributed by atoms with Gasteiger partial charge in [-0.1, -0.05) is 81.4 Å². The summed E-state index contributed by atoms with van der Waals surface area (Å²) in [7, 11) is -2.59. The Bertz CT molecular complexity index is 1690. The van der Waals surface area contributed by atoms with E-state index in [4.69, 9.17) is 4.43 Å². The van der Waals surface area contributed by atoms with Crippen LogP contribution in [0.25, 0.3) is 17.2 Å². The van der Waals surface area contributed by atoms with Crippen molar-refractivity contribution in [3.8, 4) is 11.5 Å². The molecule has 1 aliphatic carbocycles. The monoisotopic (exact) mass is 608 g/mol. The van der Waals surface area contributed by atoms with E-state index in [1.165, 1.54) is 28.8 Å². The number of fused-ring (bicyclic) bond motifs is 1. The first-order valence-corrected chi connectivity index (χ1v) is 17.0. The molecule has 10 heteroatoms. The second-order valence-corrected chi connectivity index (χ2v) is 16.9. The molecule has 2 aromatic carbocycles. The molecule has 0 atom stereocenters. The maximum atomic E-state index is 13.9. The highest BCUT2D eigenvalue weighted by Gasteiger charge is 2.50. The number of anilines is 1. The third kappa shape index (κ3) is 5.79. The van der Waals surface area contributed by atoms with Gasteiger partial charge in [0.1, 0.15) is 17.2 Å². The number of aromatic nitrogens is 4. The minimum absolute atomic E-state index is 0.0655. The van der Waals surface area contributed by atoms with Crippen molar-refractivity contribution in [2.75, 3.05) is 11.9 Å². The van der Waals surface area contributed by atoms with Crippen molar-refractivity contribution < 1.29 is 8.82 Å². The first-order chi connectivity index (χ1) is 21.3. The maximum absolute atomic E-state index is 13.9. The number of benzene rings is 2. The van der Waals surface area contributed by atoms with Gasteiger partial charge in [-0.3, -0.25) is 4.40 Å². The maximum Gasteiger partial charge on any atom is 0.261 e. The molecule has 0 bridgehead atoms. The smallest absolute Gasteiger partial charge is 0.261 e. The molecule has 0 unspecified atom stereocenters. The summed E-state index contributed by atoms with van der Waals surface area (Å²) >= 11 is 0. The Balaban J connectivity index is 1.17. The van der Waals surface area contributed by atoms with Crippen molar-refractivity contribution in [3.63, 3.8) is 0 Å². The molecule has 3 heterocycles. The third-order valence-corrected chi connectivity index (χ3v) is 13.7. The van der Waals surface area contributed by atoms with Crippen molar-refractivity contribution in [1.82, 2.24) is 19.4 Å². The Morgan fingerprint density at radius 1 is 0.932 bits per heavy atom. The van der Waals surface area contributed by atoms with Gasteiger partial charge in [0.05, 0.1) is 12.4 Å². The van der Waals surface area contributed by atoms with E-state index in [2.05, 4.69) is 107 Å². The van der Waals surface area contributed by atoms with Crippen LogP contribution >= 0.6 is 0 Å². The van der Waals surface area contributed by atoms with Gasteiger partial charge < -0.3 is 9.74 Å². The molecule has 1 fully saturated rings. The molecule has 0 aliphatic heterocycles. The van der Waals surface area contributed by atoms with Crippen LogP contribution < -0.4 is 15.7 Å². The summed E-state index contributed by atoms with van der Waals surface area (Å²) in [5, 5.41) is 9.11. The number of imidazole rings is 1. The summed E-state index contributed by atoms with van der Waals surface area (Å²) in [6.07, 6.45) is 8.14. The molecular formula is C34H37FN6O2Si. The van der Waals surface area contributed by atoms with Crippen LogP contribution in [-0.4, -0.2) is 40.3 Å². The molecule has 0 saturated heterocycles. The number of hydrogen-bond donors (Lipinski definition) is 1. The summed E-state index contributed by atoms with van der Waals surface area (Å²) in [5.74, 6) is 0.748. The molecular weight excluding hydrogens is 571 g/mol. The molecule has 3 aromatic heterocycles. The highest BCUT2D eigenvalue weighted by molar-refractivity contribution is 6.99. The van der Waals surface area contributed by atoms with Crippen LogP contribution in [0.5, 0.6) is 0 Å². The zero-order valence-electron chi connectivity index (χ0n) is 25.3. The number of halogens is 1. The van der Waals surface area contributed by atoms with Crippen LogP contribution in [0.1, 0.15) is 46.5 Å². The summed E-state index contributed by atoms with van der Waals surface area (Å²) in [6, 6.07) is 24.6. The Hall–Kier alpha value is -4.28. The molecule has 44 heavy (non-hydrogen) atoms. The Morgan fingerprint density at radius 3 is 2.20 bits per heavy atom. The van der Waals surface area contributed by atoms with Crippen LogP contribution in [0, 0.1) is 16.6 Å². The number of pyridine rings is 1. The minimum Gasteiger partial charge on any atom is -0.407 e. The van der Waals surface area contributed by atoms with E-state index in [-0.39, 0.29) is 16.8 Å². The van der Waals surface area contributed by atoms with E-state index < -0.39 is 14.1 Å². The first kappa shape index (κ1) is 29.8. The van der Waals surface area contributed by atoms with Crippen molar-refractivity contribution in [2.45, 2.75) is 57.5 Å². The fraction of sp³-hybridized carbons (Fsp3) is 0.324. The number of nitrogens with zero attached hydrogens (tertiary/aromatic N) is 5. The summed E-state index contributed by atoms with van der Waals surface area (Å²) in [4.78, 5) is 24.9. The highest BCUT2D eigenvalue weighted by Crippen LogP contribution is 2.38. The van der Waals surface area contributed by atoms with Gasteiger partial charge in [0, 0.05) is 18.8 Å². The van der Waals surface area contributed by atoms with E-state index >= 15 is 0 Å². The lowest BCUT2D eigenvalue weighted by Gasteiger charge is -2.44. The lowest BCUT2D eigenvalue weighted by atomic mass is 9.86. The van der Waals surface area contributed by atoms with Crippen molar-refractivity contribution in [2.24, 2.45) is 11.1 Å². The lowest BCUT2D eigenvalue weighted by Crippen LogP contribution is -2.67. The standard InChI is InChI=1S/C34H37FN6O2Si/c1-34(2,3)44(27-10-6-4-7-11-27,28-12-8-5-9-13-28)43-23-24-14-17-26(18-15-24)38-32-29(40-42)20-37-33(39-32)30-21-36-31-19-16-25(35)22-41(30)31/h4-13,16,19-22,24,26H,14-15,17-18,23H2,1-3H3,(H,37,38,39). The van der Waals surface area contributed by atoms with Crippen LogP contribution in [0.3, 0.4) is 0 Å². The largest absolute Gasteiger partial charge is 0.407 e. The number of nitrogens with one attached hydrogen (secondary N) is 1. The quantitative estimate of drug-likeness (QED) is 0.145. The van der Waals surface area contributed by atoms with E-state index in [0.717, 1.165) is 25.7 Å². The Kier molecular flexibility index (Phi) is 8.37. The van der Waals surface area contributed by atoms with Gasteiger partial charge in [-0.05, 0) is 64.3 Å². The molecule has 226 valence electrons. The van der Waals surface area contributed by atoms with E-state index in [9.17, 15) is 9.30 Å². The van der Waals surface area contributed by atoms with Crippen LogP contribution in [0.2, 0.25) is 5.04 Å². The molecule has 6 rings (SSSR count). The predicted octanol–water partition coefficient (Wildman–Crippen LogP) is 6.88. The van der Waals surface area contributed by atoms with Gasteiger partial charge in [0.2, 0.25) is 0 Å². The summed E-state index contributed by atoms with van der Waals surface area (Å²) in [6.45, 7) is 7.61. The van der Waals surface area contributed by atoms with Crippen LogP contribution in [-0.2, 0) is 4.43 Å². The Labute approximate surface area is 257 Å². The topological polar surface area (TPSA) is 93.8 Å². The first-order valence-electron chi connectivity index (χ1n) is 15.1. The SMILES string of the molecule is CC(C)(C)[Si](OCC1CCC(Nc2nc(-c3cnc4ccc(F)cn34)ncc2N=O)CC1)(c1ccccc1)c1ccccc1. The van der Waals surface area contributed by atoms with Crippen molar-refractivity contribution in [3.05, 3.63) is 102 Å². The predicted molar refractivity (Wildman–Crippen MR) is 175 cm³/mol. The van der Waals surface area contributed by atoms with Gasteiger partial charge in [-0.25, -0.2) is 19.3 Å². The van der Waals surface area contributed by atoms with Gasteiger partial charge >= 0.3 is 0 Å². The van der Waals surface area contributed by atoms with Gasteiger partial charge in [0.15, 0.2) is 17.3 Å². The minimum atomic E-state index is -2.59. The van der Waals surface area contributed by atoms with Crippen molar-refractivity contribution in [1.29, 1.82) is 0 Å². The van der Waals surface area contributed by atoms with E-state index in [1.54, 1.807) is 16.7 Å². The van der Waals surface area contributed by atoms with Crippen LogP contribution in [0.15, 0.2) is 96.6 Å². The average molecular weight is 609 g/mol. The highest BCUT2D eigenvalue weighted by atomic mass is 28.4. The molecule has 1 aliphatic rings. The zero-order valence-corrected chi connectivity index (χ0v) is 26.3. The molecule has 1 N–H and O–H groups in total. The molecule has 1 saturated carbocycles. The van der Waals surface area contributed by atoms with Gasteiger partial charge in [-0.2, -0.15) is 0 Å². The number of rotatable bonds is 9. The number of nitroso groups, excluding NO2 is 1. The fourth-order valence-corrected chi connectivity index (χ4v) is 11.1. The zero-order chi connectivity index (χ0) is 30.7. The second-order valence-electron chi connectivity index (χ2n) is 12.6. The third-order valence-electron chi connectivity index (χ3n) is 8.71. The Morgan fingerprint density at radius 2 is 1.59 bits per heavy atom. The second kappa shape index (κ2) is 12.4. The normalized spacial score (nSPS) is 17.5. The summed E-state index contributed by atoms with van der Waals surface area (Å²) < 4.78 is 22.7. The average Bonchev–Trinajstić information content (AvgIpc) is 3.45.